The molecule has 2 fully saturated rings. The fourth-order valence-electron chi connectivity index (χ4n) is 3.65. The van der Waals surface area contributed by atoms with E-state index in [2.05, 4.69) is 6.58 Å². The SMILES string of the molecule is C=C1C/C(=C/C)C(=O)OC2CCN3C(O)C=C(COC(=O)C1(O)CO)C23. The standard InChI is InChI=1S/C18H23NO7/c1-3-11-6-10(2)18(24,9-20)17(23)25-8-12-7-14(21)19-5-4-13(15(12)19)26-16(11)22/h3,7,13-15,20-21,24H,2,4-6,8-9H2,1H3/b11-3-. The third kappa shape index (κ3) is 2.99. The molecule has 0 spiro atoms. The molecular weight excluding hydrogens is 342 g/mol. The smallest absolute Gasteiger partial charge is 0.345 e. The minimum atomic E-state index is -2.32. The summed E-state index contributed by atoms with van der Waals surface area (Å²) in [6.45, 7) is 4.72. The topological polar surface area (TPSA) is 117 Å². The highest BCUT2D eigenvalue weighted by Gasteiger charge is 2.47. The number of hydrogen-bond acceptors (Lipinski definition) is 8. The zero-order valence-corrected chi connectivity index (χ0v) is 14.6. The molecule has 3 N–H and O–H groups in total. The zero-order valence-electron chi connectivity index (χ0n) is 14.6. The van der Waals surface area contributed by atoms with Crippen LogP contribution in [0.15, 0.2) is 35.5 Å². The molecule has 0 aromatic heterocycles. The molecule has 0 saturated carbocycles. The number of rotatable bonds is 1. The quantitative estimate of drug-likeness (QED) is 0.321. The van der Waals surface area contributed by atoms with Gasteiger partial charge in [0.2, 0.25) is 5.60 Å². The first kappa shape index (κ1) is 18.8. The Labute approximate surface area is 151 Å². The number of esters is 2. The Morgan fingerprint density at radius 1 is 1.46 bits per heavy atom. The lowest BCUT2D eigenvalue weighted by atomic mass is 9.90. The van der Waals surface area contributed by atoms with Gasteiger partial charge in [-0.05, 0) is 30.6 Å². The van der Waals surface area contributed by atoms with Crippen LogP contribution < -0.4 is 0 Å². The fourth-order valence-corrected chi connectivity index (χ4v) is 3.65. The predicted molar refractivity (Wildman–Crippen MR) is 89.6 cm³/mol. The highest BCUT2D eigenvalue weighted by atomic mass is 16.6. The summed E-state index contributed by atoms with van der Waals surface area (Å²) in [6.07, 6.45) is 2.17. The van der Waals surface area contributed by atoms with Gasteiger partial charge in [-0.2, -0.15) is 0 Å². The number of hydrogen-bond donors (Lipinski definition) is 3. The van der Waals surface area contributed by atoms with Crippen LogP contribution in [0, 0.1) is 0 Å². The van der Waals surface area contributed by atoms with Gasteiger partial charge in [0.1, 0.15) is 18.9 Å². The molecule has 26 heavy (non-hydrogen) atoms. The van der Waals surface area contributed by atoms with Crippen molar-refractivity contribution in [1.29, 1.82) is 0 Å². The summed E-state index contributed by atoms with van der Waals surface area (Å²) in [5, 5.41) is 30.2. The Balaban J connectivity index is 1.96. The molecule has 4 atom stereocenters. The number of nitrogens with zero attached hydrogens (tertiary/aromatic N) is 1. The number of ether oxygens (including phenoxy) is 2. The predicted octanol–water partition coefficient (Wildman–Crippen LogP) is -0.596. The molecule has 3 aliphatic heterocycles. The van der Waals surface area contributed by atoms with E-state index in [1.807, 2.05) is 0 Å². The van der Waals surface area contributed by atoms with Crippen molar-refractivity contribution < 1.29 is 34.4 Å². The lowest BCUT2D eigenvalue weighted by Crippen LogP contribution is -2.47. The van der Waals surface area contributed by atoms with E-state index in [-0.39, 0.29) is 30.2 Å². The highest BCUT2D eigenvalue weighted by Crippen LogP contribution is 2.35. The third-order valence-corrected chi connectivity index (χ3v) is 5.26. The molecule has 3 rings (SSSR count). The van der Waals surface area contributed by atoms with Gasteiger partial charge < -0.3 is 24.8 Å². The number of allylic oxidation sites excluding steroid dienone is 1. The number of carbonyl (C=O) groups is 2. The van der Waals surface area contributed by atoms with Crippen LogP contribution in [0.3, 0.4) is 0 Å². The van der Waals surface area contributed by atoms with Crippen LogP contribution in [0.1, 0.15) is 19.8 Å². The average molecular weight is 365 g/mol. The first-order valence-electron chi connectivity index (χ1n) is 8.51. The molecule has 2 saturated heterocycles. The van der Waals surface area contributed by atoms with Crippen LogP contribution in [-0.4, -0.2) is 75.9 Å². The minimum absolute atomic E-state index is 0.0549. The van der Waals surface area contributed by atoms with E-state index in [1.165, 1.54) is 6.08 Å². The number of aliphatic hydroxyl groups is 3. The molecule has 0 aliphatic carbocycles. The lowest BCUT2D eigenvalue weighted by molar-refractivity contribution is -0.164. The second-order valence-electron chi connectivity index (χ2n) is 6.76. The van der Waals surface area contributed by atoms with Gasteiger partial charge in [0.05, 0.1) is 12.6 Å². The van der Waals surface area contributed by atoms with E-state index in [9.17, 15) is 24.9 Å². The molecule has 0 aromatic carbocycles. The summed E-state index contributed by atoms with van der Waals surface area (Å²) < 4.78 is 10.8. The maximum atomic E-state index is 12.6. The van der Waals surface area contributed by atoms with Crippen LogP contribution in [0.5, 0.6) is 0 Å². The summed E-state index contributed by atoms with van der Waals surface area (Å²) in [7, 11) is 0. The second kappa shape index (κ2) is 6.96. The Morgan fingerprint density at radius 3 is 2.85 bits per heavy atom. The van der Waals surface area contributed by atoms with Crippen LogP contribution in [0.4, 0.5) is 0 Å². The molecule has 3 aliphatic rings. The Morgan fingerprint density at radius 2 is 2.19 bits per heavy atom. The van der Waals surface area contributed by atoms with Crippen LogP contribution in [-0.2, 0) is 19.1 Å². The summed E-state index contributed by atoms with van der Waals surface area (Å²) in [5.74, 6) is -1.62. The van der Waals surface area contributed by atoms with Gasteiger partial charge in [-0.15, -0.1) is 0 Å². The Bertz CT molecular complexity index is 698. The van der Waals surface area contributed by atoms with E-state index < -0.39 is 36.5 Å². The summed E-state index contributed by atoms with van der Waals surface area (Å²) in [6, 6.07) is -0.385. The minimum Gasteiger partial charge on any atom is -0.459 e. The van der Waals surface area contributed by atoms with Gasteiger partial charge in [0.15, 0.2) is 0 Å². The monoisotopic (exact) mass is 365 g/mol. The average Bonchev–Trinajstić information content (AvgIpc) is 3.17. The number of cyclic esters (lactones) is 1. The van der Waals surface area contributed by atoms with Crippen LogP contribution in [0.2, 0.25) is 0 Å². The fraction of sp³-hybridized carbons (Fsp3) is 0.556. The van der Waals surface area contributed by atoms with Crippen molar-refractivity contribution in [2.24, 2.45) is 0 Å². The molecule has 3 heterocycles. The summed E-state index contributed by atoms with van der Waals surface area (Å²) >= 11 is 0. The first-order chi connectivity index (χ1) is 12.3. The van der Waals surface area contributed by atoms with Gasteiger partial charge in [-0.3, -0.25) is 4.90 Å². The van der Waals surface area contributed by atoms with E-state index in [0.29, 0.717) is 18.5 Å². The zero-order chi connectivity index (χ0) is 19.1. The molecule has 0 aromatic rings. The van der Waals surface area contributed by atoms with Crippen molar-refractivity contribution in [3.63, 3.8) is 0 Å². The van der Waals surface area contributed by atoms with Crippen molar-refractivity contribution in [1.82, 2.24) is 4.90 Å². The lowest BCUT2D eigenvalue weighted by Gasteiger charge is -2.30. The number of carbonyl (C=O) groups excluding carboxylic acids is 2. The van der Waals surface area contributed by atoms with Crippen LogP contribution >= 0.6 is 0 Å². The van der Waals surface area contributed by atoms with E-state index >= 15 is 0 Å². The Hall–Kier alpha value is -2.00. The molecule has 0 radical (unpaired) electrons. The van der Waals surface area contributed by atoms with Gasteiger partial charge in [0.25, 0.3) is 0 Å². The van der Waals surface area contributed by atoms with Crippen molar-refractivity contribution in [2.75, 3.05) is 19.8 Å². The molecule has 142 valence electrons. The Kier molecular flexibility index (Phi) is 5.03. The molecular formula is C18H23NO7. The highest BCUT2D eigenvalue weighted by molar-refractivity contribution is 5.90. The molecule has 0 amide bonds. The van der Waals surface area contributed by atoms with Crippen molar-refractivity contribution in [2.45, 2.75) is 43.7 Å². The first-order valence-corrected chi connectivity index (χ1v) is 8.51. The maximum absolute atomic E-state index is 12.6. The summed E-state index contributed by atoms with van der Waals surface area (Å²) in [5.41, 5.74) is -1.56. The normalized spacial score (nSPS) is 37.5. The molecule has 0 bridgehead atoms. The van der Waals surface area contributed by atoms with Gasteiger partial charge in [-0.1, -0.05) is 12.7 Å². The number of aliphatic hydroxyl groups excluding tert-OH is 2. The molecule has 4 unspecified atom stereocenters. The van der Waals surface area contributed by atoms with Crippen LogP contribution in [0.25, 0.3) is 0 Å². The summed E-state index contributed by atoms with van der Waals surface area (Å²) in [4.78, 5) is 26.7. The van der Waals surface area contributed by atoms with E-state index in [0.717, 1.165) is 0 Å². The molecule has 8 heteroatoms. The van der Waals surface area contributed by atoms with E-state index in [4.69, 9.17) is 9.47 Å². The van der Waals surface area contributed by atoms with Gasteiger partial charge in [0, 0.05) is 18.5 Å². The largest absolute Gasteiger partial charge is 0.459 e. The van der Waals surface area contributed by atoms with Crippen molar-refractivity contribution in [3.8, 4) is 0 Å². The van der Waals surface area contributed by atoms with Crippen molar-refractivity contribution in [3.05, 3.63) is 35.5 Å². The maximum Gasteiger partial charge on any atom is 0.345 e. The van der Waals surface area contributed by atoms with Gasteiger partial charge in [-0.25, -0.2) is 9.59 Å². The van der Waals surface area contributed by atoms with E-state index in [1.54, 1.807) is 17.9 Å². The van der Waals surface area contributed by atoms with Gasteiger partial charge >= 0.3 is 11.9 Å². The van der Waals surface area contributed by atoms with Crippen molar-refractivity contribution >= 4 is 11.9 Å². The molecule has 8 nitrogen and oxygen atoms in total. The third-order valence-electron chi connectivity index (χ3n) is 5.26. The second-order valence-corrected chi connectivity index (χ2v) is 6.76.